The van der Waals surface area contributed by atoms with Crippen LogP contribution in [0.2, 0.25) is 5.02 Å². The average molecular weight is 386 g/mol. The largest absolute Gasteiger partial charge is 0.481 e. The van der Waals surface area contributed by atoms with Crippen LogP contribution in [-0.4, -0.2) is 24.3 Å². The predicted molar refractivity (Wildman–Crippen MR) is 97.1 cm³/mol. The van der Waals surface area contributed by atoms with Gasteiger partial charge >= 0.3 is 0 Å². The first-order valence-corrected chi connectivity index (χ1v) is 9.21. The molecular weight excluding hydrogens is 368 g/mol. The first-order chi connectivity index (χ1) is 12.0. The first kappa shape index (κ1) is 19.5. The molecule has 2 aromatic carbocycles. The van der Waals surface area contributed by atoms with Crippen LogP contribution >= 0.6 is 23.4 Å². The molecule has 0 heterocycles. The van der Waals surface area contributed by atoms with Crippen LogP contribution in [0, 0.1) is 11.6 Å². The second-order valence-electron chi connectivity index (χ2n) is 5.26. The van der Waals surface area contributed by atoms with E-state index in [0.717, 1.165) is 0 Å². The van der Waals surface area contributed by atoms with E-state index in [0.29, 0.717) is 34.4 Å². The number of amides is 1. The van der Waals surface area contributed by atoms with Gasteiger partial charge < -0.3 is 10.1 Å². The Morgan fingerprint density at radius 2 is 1.96 bits per heavy atom. The zero-order chi connectivity index (χ0) is 18.2. The van der Waals surface area contributed by atoms with Gasteiger partial charge in [0.05, 0.1) is 0 Å². The molecular formula is C18H18ClF2NO2S. The minimum Gasteiger partial charge on any atom is -0.481 e. The number of hydrogen-bond donors (Lipinski definition) is 1. The van der Waals surface area contributed by atoms with Crippen LogP contribution in [-0.2, 0) is 10.5 Å². The van der Waals surface area contributed by atoms with Gasteiger partial charge in [-0.1, -0.05) is 17.7 Å². The summed E-state index contributed by atoms with van der Waals surface area (Å²) in [6.45, 7) is 2.04. The number of rotatable bonds is 8. The van der Waals surface area contributed by atoms with E-state index in [1.807, 2.05) is 0 Å². The van der Waals surface area contributed by atoms with Crippen LogP contribution in [0.15, 0.2) is 42.5 Å². The van der Waals surface area contributed by atoms with Gasteiger partial charge in [0.2, 0.25) is 0 Å². The zero-order valence-electron chi connectivity index (χ0n) is 13.6. The predicted octanol–water partition coefficient (Wildman–Crippen LogP) is 4.44. The first-order valence-electron chi connectivity index (χ1n) is 7.68. The molecule has 134 valence electrons. The van der Waals surface area contributed by atoms with Crippen molar-refractivity contribution in [3.8, 4) is 5.75 Å². The molecule has 0 saturated carbocycles. The molecule has 1 atom stereocenters. The molecule has 0 aliphatic carbocycles. The zero-order valence-corrected chi connectivity index (χ0v) is 15.2. The van der Waals surface area contributed by atoms with E-state index < -0.39 is 6.10 Å². The third kappa shape index (κ3) is 6.21. The van der Waals surface area contributed by atoms with Crippen molar-refractivity contribution in [3.05, 3.63) is 64.7 Å². The topological polar surface area (TPSA) is 38.3 Å². The van der Waals surface area contributed by atoms with E-state index in [2.05, 4.69) is 5.32 Å². The van der Waals surface area contributed by atoms with Gasteiger partial charge in [-0.05, 0) is 43.3 Å². The lowest BCUT2D eigenvalue weighted by atomic mass is 10.2. The number of thioether (sulfide) groups is 1. The van der Waals surface area contributed by atoms with Crippen molar-refractivity contribution in [2.45, 2.75) is 18.8 Å². The third-order valence-electron chi connectivity index (χ3n) is 3.35. The third-order valence-corrected chi connectivity index (χ3v) is 4.69. The van der Waals surface area contributed by atoms with Crippen molar-refractivity contribution in [1.82, 2.24) is 5.32 Å². The summed E-state index contributed by atoms with van der Waals surface area (Å²) in [4.78, 5) is 12.0. The lowest BCUT2D eigenvalue weighted by molar-refractivity contribution is -0.127. The molecule has 0 aromatic heterocycles. The smallest absolute Gasteiger partial charge is 0.260 e. The van der Waals surface area contributed by atoms with Crippen LogP contribution in [0.3, 0.4) is 0 Å². The number of nitrogens with one attached hydrogen (secondary N) is 1. The Hall–Kier alpha value is -1.79. The van der Waals surface area contributed by atoms with E-state index >= 15 is 0 Å². The number of carbonyl (C=O) groups excluding carboxylic acids is 1. The summed E-state index contributed by atoms with van der Waals surface area (Å²) in [6, 6.07) is 10.1. The van der Waals surface area contributed by atoms with Gasteiger partial charge in [0.15, 0.2) is 6.10 Å². The van der Waals surface area contributed by atoms with Crippen molar-refractivity contribution in [2.75, 3.05) is 12.3 Å². The van der Waals surface area contributed by atoms with Crippen LogP contribution < -0.4 is 10.1 Å². The van der Waals surface area contributed by atoms with Crippen molar-refractivity contribution < 1.29 is 18.3 Å². The Kier molecular flexibility index (Phi) is 7.52. The summed E-state index contributed by atoms with van der Waals surface area (Å²) in [5, 5.41) is 3.14. The minimum absolute atomic E-state index is 0.270. The molecule has 0 saturated heterocycles. The maximum absolute atomic E-state index is 13.6. The highest BCUT2D eigenvalue weighted by molar-refractivity contribution is 7.98. The Balaban J connectivity index is 1.68. The summed E-state index contributed by atoms with van der Waals surface area (Å²) in [6.07, 6.45) is -0.698. The van der Waals surface area contributed by atoms with E-state index in [9.17, 15) is 13.6 Å². The van der Waals surface area contributed by atoms with Gasteiger partial charge in [0.1, 0.15) is 17.4 Å². The van der Waals surface area contributed by atoms with Gasteiger partial charge in [-0.15, -0.1) is 0 Å². The molecule has 0 aliphatic heterocycles. The highest BCUT2D eigenvalue weighted by Gasteiger charge is 2.14. The van der Waals surface area contributed by atoms with E-state index in [1.54, 1.807) is 19.1 Å². The molecule has 0 aliphatic rings. The molecule has 3 nitrogen and oxygen atoms in total. The normalized spacial score (nSPS) is 11.8. The Labute approximate surface area is 154 Å². The number of halogens is 3. The minimum atomic E-state index is -0.698. The molecule has 0 radical (unpaired) electrons. The van der Waals surface area contributed by atoms with Crippen molar-refractivity contribution in [2.24, 2.45) is 0 Å². The number of carbonyl (C=O) groups is 1. The van der Waals surface area contributed by atoms with Gasteiger partial charge in [-0.25, -0.2) is 8.78 Å². The van der Waals surface area contributed by atoms with Crippen molar-refractivity contribution in [1.29, 1.82) is 0 Å². The SMILES string of the molecule is C[C@@H](Oc1ccc(F)cc1)C(=O)NCCSCc1c(F)cccc1Cl. The molecule has 1 N–H and O–H groups in total. The Morgan fingerprint density at radius 3 is 2.64 bits per heavy atom. The fourth-order valence-electron chi connectivity index (χ4n) is 2.01. The van der Waals surface area contributed by atoms with E-state index in [1.165, 1.54) is 42.1 Å². The number of benzene rings is 2. The molecule has 7 heteroatoms. The molecule has 0 bridgehead atoms. The lowest BCUT2D eigenvalue weighted by Crippen LogP contribution is -2.37. The van der Waals surface area contributed by atoms with Crippen LogP contribution in [0.5, 0.6) is 5.75 Å². The van der Waals surface area contributed by atoms with Gasteiger partial charge in [-0.2, -0.15) is 11.8 Å². The molecule has 0 spiro atoms. The van der Waals surface area contributed by atoms with Crippen LogP contribution in [0.25, 0.3) is 0 Å². The molecule has 25 heavy (non-hydrogen) atoms. The van der Waals surface area contributed by atoms with E-state index in [-0.39, 0.29) is 17.5 Å². The fraction of sp³-hybridized carbons (Fsp3) is 0.278. The number of ether oxygens (including phenoxy) is 1. The average Bonchev–Trinajstić information content (AvgIpc) is 2.58. The quantitative estimate of drug-likeness (QED) is 0.683. The van der Waals surface area contributed by atoms with Crippen molar-refractivity contribution >= 4 is 29.3 Å². The second kappa shape index (κ2) is 9.63. The summed E-state index contributed by atoms with van der Waals surface area (Å²) >= 11 is 7.43. The number of hydrogen-bond acceptors (Lipinski definition) is 3. The molecule has 2 rings (SSSR count). The van der Waals surface area contributed by atoms with E-state index in [4.69, 9.17) is 16.3 Å². The summed E-state index contributed by atoms with van der Waals surface area (Å²) in [7, 11) is 0. The second-order valence-corrected chi connectivity index (χ2v) is 6.77. The Morgan fingerprint density at radius 1 is 1.24 bits per heavy atom. The maximum atomic E-state index is 13.6. The van der Waals surface area contributed by atoms with Crippen LogP contribution in [0.1, 0.15) is 12.5 Å². The molecule has 0 unspecified atom stereocenters. The molecule has 2 aromatic rings. The van der Waals surface area contributed by atoms with Crippen molar-refractivity contribution in [3.63, 3.8) is 0 Å². The van der Waals surface area contributed by atoms with Gasteiger partial charge in [0, 0.05) is 28.6 Å². The highest BCUT2D eigenvalue weighted by atomic mass is 35.5. The molecule has 1 amide bonds. The summed E-state index contributed by atoms with van der Waals surface area (Å²) < 4.78 is 31.9. The summed E-state index contributed by atoms with van der Waals surface area (Å²) in [5.41, 5.74) is 0.466. The van der Waals surface area contributed by atoms with Crippen LogP contribution in [0.4, 0.5) is 8.78 Å². The fourth-order valence-corrected chi connectivity index (χ4v) is 3.20. The summed E-state index contributed by atoms with van der Waals surface area (Å²) in [5.74, 6) is 0.506. The highest BCUT2D eigenvalue weighted by Crippen LogP contribution is 2.23. The van der Waals surface area contributed by atoms with Gasteiger partial charge in [0.25, 0.3) is 5.91 Å². The van der Waals surface area contributed by atoms with Gasteiger partial charge in [-0.3, -0.25) is 4.79 Å². The molecule has 0 fully saturated rings. The Bertz CT molecular complexity index is 692. The monoisotopic (exact) mass is 385 g/mol. The standard InChI is InChI=1S/C18H18ClF2NO2S/c1-12(24-14-7-5-13(20)6-8-14)18(23)22-9-10-25-11-15-16(19)3-2-4-17(15)21/h2-8,12H,9-11H2,1H3,(H,22,23)/t12-/m1/s1. The maximum Gasteiger partial charge on any atom is 0.260 e. The lowest BCUT2D eigenvalue weighted by Gasteiger charge is -2.14.